The Morgan fingerprint density at radius 2 is 2.10 bits per heavy atom. The summed E-state index contributed by atoms with van der Waals surface area (Å²) in [6.45, 7) is 0.195. The summed E-state index contributed by atoms with van der Waals surface area (Å²) in [6, 6.07) is 8.23. The zero-order valence-corrected chi connectivity index (χ0v) is 13.0. The highest BCUT2D eigenvalue weighted by Gasteiger charge is 2.20. The zero-order chi connectivity index (χ0) is 14.7. The van der Waals surface area contributed by atoms with Crippen LogP contribution < -0.4 is 0 Å². The highest BCUT2D eigenvalue weighted by atomic mass is 79.9. The van der Waals surface area contributed by atoms with Crippen LogP contribution in [-0.4, -0.2) is 22.8 Å². The number of nitrogens with zero attached hydrogens (tertiary/aromatic N) is 2. The van der Waals surface area contributed by atoms with Crippen LogP contribution in [0.5, 0.6) is 0 Å². The third-order valence-electron chi connectivity index (χ3n) is 2.75. The monoisotopic (exact) mass is 354 g/mol. The predicted octanol–water partition coefficient (Wildman–Crippen LogP) is 3.69. The molecule has 0 radical (unpaired) electrons. The van der Waals surface area contributed by atoms with E-state index in [0.29, 0.717) is 10.4 Å². The number of hydrogen-bond acceptors (Lipinski definition) is 4. The molecule has 0 aliphatic rings. The van der Waals surface area contributed by atoms with Gasteiger partial charge in [-0.2, -0.15) is 0 Å². The van der Waals surface area contributed by atoms with Gasteiger partial charge in [-0.3, -0.25) is 14.9 Å². The number of carbonyl (C=O) groups excluding carboxylic acids is 1. The summed E-state index contributed by atoms with van der Waals surface area (Å²) in [6.07, 6.45) is 0. The van der Waals surface area contributed by atoms with Gasteiger partial charge in [-0.25, -0.2) is 0 Å². The fraction of sp³-hybridized carbons (Fsp3) is 0.154. The van der Waals surface area contributed by atoms with Crippen molar-refractivity contribution in [3.05, 3.63) is 60.7 Å². The first kappa shape index (κ1) is 14.7. The van der Waals surface area contributed by atoms with Crippen molar-refractivity contribution in [2.45, 2.75) is 6.54 Å². The normalized spacial score (nSPS) is 10.3. The van der Waals surface area contributed by atoms with E-state index in [0.717, 1.165) is 4.47 Å². The molecule has 2 aromatic rings. The van der Waals surface area contributed by atoms with Gasteiger partial charge < -0.3 is 4.90 Å². The lowest BCUT2D eigenvalue weighted by molar-refractivity contribution is -0.385. The van der Waals surface area contributed by atoms with Crippen molar-refractivity contribution in [1.29, 1.82) is 0 Å². The average molecular weight is 355 g/mol. The minimum absolute atomic E-state index is 0.0254. The number of hydrogen-bond donors (Lipinski definition) is 0. The second-order valence-electron chi connectivity index (χ2n) is 4.14. The van der Waals surface area contributed by atoms with Crippen LogP contribution in [0, 0.1) is 10.1 Å². The van der Waals surface area contributed by atoms with Crippen molar-refractivity contribution < 1.29 is 9.72 Å². The van der Waals surface area contributed by atoms with E-state index in [1.54, 1.807) is 31.3 Å². The smallest absolute Gasteiger partial charge is 0.274 e. The fourth-order valence-electron chi connectivity index (χ4n) is 1.77. The Bertz CT molecular complexity index is 657. The van der Waals surface area contributed by atoms with E-state index < -0.39 is 4.92 Å². The van der Waals surface area contributed by atoms with Gasteiger partial charge in [0.05, 0.1) is 11.5 Å². The molecule has 0 fully saturated rings. The Kier molecular flexibility index (Phi) is 4.51. The highest BCUT2D eigenvalue weighted by Crippen LogP contribution is 2.25. The molecule has 1 heterocycles. The maximum Gasteiger partial charge on any atom is 0.274 e. The van der Waals surface area contributed by atoms with Gasteiger partial charge in [0.1, 0.15) is 4.88 Å². The summed E-state index contributed by atoms with van der Waals surface area (Å²) < 4.78 is 0.738. The van der Waals surface area contributed by atoms with Crippen molar-refractivity contribution in [3.8, 4) is 0 Å². The van der Waals surface area contributed by atoms with Crippen LogP contribution in [-0.2, 0) is 6.54 Å². The van der Waals surface area contributed by atoms with Crippen LogP contribution in [0.2, 0.25) is 0 Å². The molecule has 0 atom stereocenters. The van der Waals surface area contributed by atoms with Crippen molar-refractivity contribution in [2.75, 3.05) is 7.05 Å². The Morgan fingerprint density at radius 1 is 1.40 bits per heavy atom. The summed E-state index contributed by atoms with van der Waals surface area (Å²) in [5.74, 6) is -0.162. The van der Waals surface area contributed by atoms with Gasteiger partial charge in [0.25, 0.3) is 11.6 Å². The number of nitro groups is 1. The van der Waals surface area contributed by atoms with Crippen molar-refractivity contribution >= 4 is 38.9 Å². The maximum absolute atomic E-state index is 12.2. The Balaban J connectivity index is 2.20. The van der Waals surface area contributed by atoms with Crippen molar-refractivity contribution in [2.24, 2.45) is 0 Å². The summed E-state index contributed by atoms with van der Waals surface area (Å²) >= 11 is 4.65. The lowest BCUT2D eigenvalue weighted by Gasteiger charge is -2.16. The van der Waals surface area contributed by atoms with Crippen LogP contribution in [0.3, 0.4) is 0 Å². The first-order valence-corrected chi connectivity index (χ1v) is 7.38. The molecule has 0 bridgehead atoms. The molecule has 1 aromatic heterocycles. The first-order valence-electron chi connectivity index (χ1n) is 5.71. The van der Waals surface area contributed by atoms with Crippen LogP contribution >= 0.6 is 27.3 Å². The number of halogens is 1. The molecule has 0 aliphatic carbocycles. The lowest BCUT2D eigenvalue weighted by Crippen LogP contribution is -2.26. The molecule has 0 saturated heterocycles. The van der Waals surface area contributed by atoms with Crippen LogP contribution in [0.25, 0.3) is 0 Å². The van der Waals surface area contributed by atoms with Crippen molar-refractivity contribution in [3.63, 3.8) is 0 Å². The van der Waals surface area contributed by atoms with Gasteiger partial charge in [0.2, 0.25) is 0 Å². The number of benzene rings is 1. The molecule has 0 unspecified atom stereocenters. The number of nitro benzene ring substituents is 1. The molecular formula is C13H11BrN2O3S. The van der Waals surface area contributed by atoms with E-state index in [2.05, 4.69) is 15.9 Å². The summed E-state index contributed by atoms with van der Waals surface area (Å²) in [4.78, 5) is 24.8. The van der Waals surface area contributed by atoms with E-state index in [4.69, 9.17) is 0 Å². The van der Waals surface area contributed by atoms with Gasteiger partial charge >= 0.3 is 0 Å². The highest BCUT2D eigenvalue weighted by molar-refractivity contribution is 9.10. The van der Waals surface area contributed by atoms with Crippen LogP contribution in [0.15, 0.2) is 40.2 Å². The standard InChI is InChI=1S/C13H11BrN2O3S/c1-15(13(17)12-10(14)6-7-20-12)8-9-4-2-3-5-11(9)16(18)19/h2-7H,8H2,1H3. The van der Waals surface area contributed by atoms with E-state index in [9.17, 15) is 14.9 Å². The minimum Gasteiger partial charge on any atom is -0.336 e. The number of rotatable bonds is 4. The molecule has 2 rings (SSSR count). The number of thiophene rings is 1. The quantitative estimate of drug-likeness (QED) is 0.621. The molecule has 104 valence electrons. The van der Waals surface area contributed by atoms with Gasteiger partial charge in [-0.05, 0) is 27.4 Å². The number of para-hydroxylation sites is 1. The topological polar surface area (TPSA) is 63.4 Å². The second-order valence-corrected chi connectivity index (χ2v) is 5.92. The maximum atomic E-state index is 12.2. The third kappa shape index (κ3) is 3.05. The zero-order valence-electron chi connectivity index (χ0n) is 10.6. The Labute approximate surface area is 128 Å². The van der Waals surface area contributed by atoms with E-state index >= 15 is 0 Å². The molecule has 20 heavy (non-hydrogen) atoms. The van der Waals surface area contributed by atoms with Gasteiger partial charge in [-0.1, -0.05) is 18.2 Å². The fourth-order valence-corrected chi connectivity index (χ4v) is 3.30. The van der Waals surface area contributed by atoms with Gasteiger partial charge in [0, 0.05) is 23.2 Å². The SMILES string of the molecule is CN(Cc1ccccc1[N+](=O)[O-])C(=O)c1sccc1Br. The largest absolute Gasteiger partial charge is 0.336 e. The Morgan fingerprint density at radius 3 is 2.70 bits per heavy atom. The van der Waals surface area contributed by atoms with Crippen LogP contribution in [0.4, 0.5) is 5.69 Å². The third-order valence-corrected chi connectivity index (χ3v) is 4.58. The van der Waals surface area contributed by atoms with E-state index in [-0.39, 0.29) is 18.1 Å². The molecule has 5 nitrogen and oxygen atoms in total. The predicted molar refractivity (Wildman–Crippen MR) is 80.9 cm³/mol. The molecule has 0 spiro atoms. The minimum atomic E-state index is -0.436. The molecule has 0 saturated carbocycles. The average Bonchev–Trinajstić information content (AvgIpc) is 2.84. The second kappa shape index (κ2) is 6.15. The summed E-state index contributed by atoms with van der Waals surface area (Å²) in [7, 11) is 1.63. The lowest BCUT2D eigenvalue weighted by atomic mass is 10.1. The van der Waals surface area contributed by atoms with Gasteiger partial charge in [0.15, 0.2) is 0 Å². The number of carbonyl (C=O) groups is 1. The Hall–Kier alpha value is -1.73. The van der Waals surface area contributed by atoms with Gasteiger partial charge in [-0.15, -0.1) is 11.3 Å². The van der Waals surface area contributed by atoms with E-state index in [1.165, 1.54) is 22.3 Å². The van der Waals surface area contributed by atoms with Crippen LogP contribution in [0.1, 0.15) is 15.2 Å². The summed E-state index contributed by atoms with van der Waals surface area (Å²) in [5, 5.41) is 12.8. The summed E-state index contributed by atoms with van der Waals surface area (Å²) in [5.41, 5.74) is 0.540. The number of amides is 1. The van der Waals surface area contributed by atoms with E-state index in [1.807, 2.05) is 5.38 Å². The molecular weight excluding hydrogens is 344 g/mol. The molecule has 7 heteroatoms. The molecule has 0 N–H and O–H groups in total. The van der Waals surface area contributed by atoms with Crippen molar-refractivity contribution in [1.82, 2.24) is 4.90 Å². The molecule has 0 aliphatic heterocycles. The molecule has 1 amide bonds. The molecule has 1 aromatic carbocycles. The first-order chi connectivity index (χ1) is 9.50.